The number of carbonyl (C=O) groups is 2. The third-order valence-corrected chi connectivity index (χ3v) is 6.37. The van der Waals surface area contributed by atoms with Crippen LogP contribution in [0.2, 0.25) is 0 Å². The molecule has 1 amide bonds. The van der Waals surface area contributed by atoms with Gasteiger partial charge in [0.15, 0.2) is 0 Å². The summed E-state index contributed by atoms with van der Waals surface area (Å²) in [5.74, 6) is 1.05. The first-order valence-electron chi connectivity index (χ1n) is 12.5. The van der Waals surface area contributed by atoms with Gasteiger partial charge in [-0.25, -0.2) is 4.98 Å². The van der Waals surface area contributed by atoms with Gasteiger partial charge in [-0.15, -0.1) is 0 Å². The van der Waals surface area contributed by atoms with Crippen LogP contribution in [0.5, 0.6) is 0 Å². The largest absolute Gasteiger partial charge is 0.346 e. The quantitative estimate of drug-likeness (QED) is 0.232. The van der Waals surface area contributed by atoms with Crippen LogP contribution >= 0.6 is 0 Å². The van der Waals surface area contributed by atoms with Crippen LogP contribution in [0.25, 0.3) is 22.0 Å². The van der Waals surface area contributed by atoms with Gasteiger partial charge in [0.2, 0.25) is 5.91 Å². The molecule has 2 N–H and O–H groups in total. The van der Waals surface area contributed by atoms with Gasteiger partial charge in [0.1, 0.15) is 11.6 Å². The predicted molar refractivity (Wildman–Crippen MR) is 141 cm³/mol. The molecule has 0 bridgehead atoms. The van der Waals surface area contributed by atoms with Crippen LogP contribution in [0.3, 0.4) is 0 Å². The standard InChI is InChI=1S/C30H33N3O2/c1-2-26(34)15-7-4-8-16-27(32-29(35)19-22-11-5-3-6-12-22)30-31-21-28(33-30)25-18-17-23-13-9-10-14-24(23)20-25/h3,5-6,9-14,17-18,20-21,27H,2,4,7-8,15-16,19H2,1H3,(H,31,33)(H,32,35)/t27-/m0/s1. The minimum atomic E-state index is -0.206. The molecule has 4 rings (SSSR count). The van der Waals surface area contributed by atoms with E-state index in [0.29, 0.717) is 25.0 Å². The minimum absolute atomic E-state index is 0.0222. The van der Waals surface area contributed by atoms with Crippen LogP contribution in [0.1, 0.15) is 62.9 Å². The second kappa shape index (κ2) is 12.1. The number of aromatic nitrogens is 2. The zero-order valence-corrected chi connectivity index (χ0v) is 20.3. The number of nitrogens with one attached hydrogen (secondary N) is 2. The lowest BCUT2D eigenvalue weighted by molar-refractivity contribution is -0.121. The van der Waals surface area contributed by atoms with Gasteiger partial charge < -0.3 is 10.3 Å². The van der Waals surface area contributed by atoms with E-state index in [-0.39, 0.29) is 11.9 Å². The Kier molecular flexibility index (Phi) is 8.44. The Morgan fingerprint density at radius 2 is 1.69 bits per heavy atom. The number of H-pyrrole nitrogens is 1. The number of unbranched alkanes of at least 4 members (excludes halogenated alkanes) is 2. The molecular formula is C30H33N3O2. The number of benzene rings is 3. The maximum atomic E-state index is 12.8. The van der Waals surface area contributed by atoms with E-state index in [0.717, 1.165) is 48.3 Å². The average molecular weight is 468 g/mol. The van der Waals surface area contributed by atoms with Crippen LogP contribution in [0, 0.1) is 0 Å². The second-order valence-electron chi connectivity index (χ2n) is 9.02. The molecule has 0 aliphatic rings. The summed E-state index contributed by atoms with van der Waals surface area (Å²) in [7, 11) is 0. The summed E-state index contributed by atoms with van der Waals surface area (Å²) in [6.45, 7) is 1.91. The predicted octanol–water partition coefficient (Wildman–Crippen LogP) is 6.56. The van der Waals surface area contributed by atoms with Gasteiger partial charge in [-0.1, -0.05) is 86.5 Å². The van der Waals surface area contributed by atoms with Crippen LogP contribution in [-0.2, 0) is 16.0 Å². The number of amides is 1. The maximum Gasteiger partial charge on any atom is 0.225 e. The van der Waals surface area contributed by atoms with Gasteiger partial charge in [-0.3, -0.25) is 9.59 Å². The summed E-state index contributed by atoms with van der Waals surface area (Å²) in [6.07, 6.45) is 6.94. The molecule has 0 unspecified atom stereocenters. The number of Topliss-reactive ketones (excluding diaryl/α,β-unsaturated/α-hetero) is 1. The molecule has 0 fully saturated rings. The molecule has 1 atom stereocenters. The number of hydrogen-bond acceptors (Lipinski definition) is 3. The summed E-state index contributed by atoms with van der Waals surface area (Å²) in [5, 5.41) is 5.56. The molecule has 0 aliphatic heterocycles. The van der Waals surface area contributed by atoms with Crippen molar-refractivity contribution in [2.45, 2.75) is 57.9 Å². The van der Waals surface area contributed by atoms with Crippen molar-refractivity contribution in [3.8, 4) is 11.3 Å². The fourth-order valence-corrected chi connectivity index (χ4v) is 4.35. The highest BCUT2D eigenvalue weighted by molar-refractivity contribution is 5.86. The average Bonchev–Trinajstić information content (AvgIpc) is 3.38. The van der Waals surface area contributed by atoms with E-state index < -0.39 is 0 Å². The van der Waals surface area contributed by atoms with Crippen LogP contribution in [0.15, 0.2) is 79.0 Å². The lowest BCUT2D eigenvalue weighted by Gasteiger charge is -2.17. The van der Waals surface area contributed by atoms with Gasteiger partial charge in [-0.05, 0) is 35.2 Å². The van der Waals surface area contributed by atoms with Gasteiger partial charge >= 0.3 is 0 Å². The first kappa shape index (κ1) is 24.4. The van der Waals surface area contributed by atoms with Crippen molar-refractivity contribution in [1.29, 1.82) is 0 Å². The second-order valence-corrected chi connectivity index (χ2v) is 9.02. The van der Waals surface area contributed by atoms with Crippen molar-refractivity contribution in [3.63, 3.8) is 0 Å². The molecule has 0 radical (unpaired) electrons. The maximum absolute atomic E-state index is 12.8. The Morgan fingerprint density at radius 3 is 2.49 bits per heavy atom. The third kappa shape index (κ3) is 6.89. The SMILES string of the molecule is CCC(=O)CCCCC[C@H](NC(=O)Cc1ccccc1)c1ncc(-c2ccc3ccccc3c2)[nH]1. The fraction of sp³-hybridized carbons (Fsp3) is 0.300. The summed E-state index contributed by atoms with van der Waals surface area (Å²) >= 11 is 0. The van der Waals surface area contributed by atoms with Crippen molar-refractivity contribution >= 4 is 22.5 Å². The van der Waals surface area contributed by atoms with E-state index >= 15 is 0 Å². The number of ketones is 1. The molecule has 0 saturated heterocycles. The number of fused-ring (bicyclic) bond motifs is 1. The molecule has 5 heteroatoms. The topological polar surface area (TPSA) is 74.8 Å². The Labute approximate surface area is 207 Å². The van der Waals surface area contributed by atoms with Crippen molar-refractivity contribution in [2.75, 3.05) is 0 Å². The molecule has 5 nitrogen and oxygen atoms in total. The Hall–Kier alpha value is -3.73. The number of carbonyl (C=O) groups excluding carboxylic acids is 2. The number of rotatable bonds is 12. The smallest absolute Gasteiger partial charge is 0.225 e. The highest BCUT2D eigenvalue weighted by Gasteiger charge is 2.18. The van der Waals surface area contributed by atoms with Crippen molar-refractivity contribution < 1.29 is 9.59 Å². The van der Waals surface area contributed by atoms with Crippen LogP contribution < -0.4 is 5.32 Å². The normalized spacial score (nSPS) is 11.9. The zero-order valence-electron chi connectivity index (χ0n) is 20.3. The first-order valence-corrected chi connectivity index (χ1v) is 12.5. The number of nitrogens with zero attached hydrogens (tertiary/aromatic N) is 1. The molecule has 3 aromatic carbocycles. The van der Waals surface area contributed by atoms with E-state index in [2.05, 4.69) is 45.6 Å². The van der Waals surface area contributed by atoms with E-state index in [1.165, 1.54) is 10.8 Å². The summed E-state index contributed by atoms with van der Waals surface area (Å²) in [6, 6.07) is 24.2. The van der Waals surface area contributed by atoms with Crippen molar-refractivity contribution in [1.82, 2.24) is 15.3 Å². The van der Waals surface area contributed by atoms with Crippen molar-refractivity contribution in [2.24, 2.45) is 0 Å². The minimum Gasteiger partial charge on any atom is -0.346 e. The fourth-order valence-electron chi connectivity index (χ4n) is 4.35. The molecule has 35 heavy (non-hydrogen) atoms. The summed E-state index contributed by atoms with van der Waals surface area (Å²) in [4.78, 5) is 32.5. The molecule has 1 aromatic heterocycles. The number of aromatic amines is 1. The zero-order chi connectivity index (χ0) is 24.5. The monoisotopic (exact) mass is 467 g/mol. The Bertz CT molecular complexity index is 1260. The first-order chi connectivity index (χ1) is 17.1. The molecule has 0 spiro atoms. The van der Waals surface area contributed by atoms with Crippen LogP contribution in [-0.4, -0.2) is 21.7 Å². The van der Waals surface area contributed by atoms with E-state index in [9.17, 15) is 9.59 Å². The van der Waals surface area contributed by atoms with Gasteiger partial charge in [0.25, 0.3) is 0 Å². The molecule has 0 saturated carbocycles. The van der Waals surface area contributed by atoms with Crippen LogP contribution in [0.4, 0.5) is 0 Å². The summed E-state index contributed by atoms with van der Waals surface area (Å²) < 4.78 is 0. The Balaban J connectivity index is 1.46. The Morgan fingerprint density at radius 1 is 0.914 bits per heavy atom. The lowest BCUT2D eigenvalue weighted by Crippen LogP contribution is -2.30. The highest BCUT2D eigenvalue weighted by atomic mass is 16.1. The molecule has 4 aromatic rings. The molecular weight excluding hydrogens is 434 g/mol. The van der Waals surface area contributed by atoms with Gasteiger partial charge in [0.05, 0.1) is 24.4 Å². The molecule has 0 aliphatic carbocycles. The van der Waals surface area contributed by atoms with E-state index in [1.807, 2.05) is 55.6 Å². The van der Waals surface area contributed by atoms with Gasteiger partial charge in [-0.2, -0.15) is 0 Å². The van der Waals surface area contributed by atoms with Crippen molar-refractivity contribution in [3.05, 3.63) is 90.4 Å². The summed E-state index contributed by atoms with van der Waals surface area (Å²) in [5.41, 5.74) is 2.98. The number of hydrogen-bond donors (Lipinski definition) is 2. The van der Waals surface area contributed by atoms with E-state index in [4.69, 9.17) is 0 Å². The highest BCUT2D eigenvalue weighted by Crippen LogP contribution is 2.26. The van der Waals surface area contributed by atoms with Gasteiger partial charge in [0, 0.05) is 18.4 Å². The molecule has 180 valence electrons. The van der Waals surface area contributed by atoms with E-state index in [1.54, 1.807) is 0 Å². The lowest BCUT2D eigenvalue weighted by atomic mass is 10.0. The number of imidazole rings is 1. The third-order valence-electron chi connectivity index (χ3n) is 6.37. The molecule has 1 heterocycles.